The molecule has 3 rings (SSSR count). The van der Waals surface area contributed by atoms with E-state index in [-0.39, 0.29) is 24.4 Å². The van der Waals surface area contributed by atoms with Gasteiger partial charge in [-0.25, -0.2) is 0 Å². The quantitative estimate of drug-likeness (QED) is 0.876. The summed E-state index contributed by atoms with van der Waals surface area (Å²) in [7, 11) is 0. The third kappa shape index (κ3) is 4.27. The summed E-state index contributed by atoms with van der Waals surface area (Å²) in [5.74, 6) is 0.449. The van der Waals surface area contributed by atoms with Crippen LogP contribution in [0.4, 0.5) is 0 Å². The van der Waals surface area contributed by atoms with Gasteiger partial charge in [0.25, 0.3) is 0 Å². The van der Waals surface area contributed by atoms with E-state index in [1.54, 1.807) is 6.92 Å². The SMILES string of the molecule is CC(C(=O)NC1CCCNC1)n1nnc(-c2ccccc2)n1.Cl. The van der Waals surface area contributed by atoms with Crippen LogP contribution in [0, 0.1) is 0 Å². The Morgan fingerprint density at radius 1 is 1.39 bits per heavy atom. The van der Waals surface area contributed by atoms with Gasteiger partial charge >= 0.3 is 0 Å². The lowest BCUT2D eigenvalue weighted by atomic mass is 10.1. The minimum absolute atomic E-state index is 0. The fourth-order valence-electron chi connectivity index (χ4n) is 2.49. The molecule has 23 heavy (non-hydrogen) atoms. The Bertz CT molecular complexity index is 626. The van der Waals surface area contributed by atoms with E-state index in [0.29, 0.717) is 5.82 Å². The van der Waals surface area contributed by atoms with Gasteiger partial charge in [-0.1, -0.05) is 30.3 Å². The molecule has 2 aromatic rings. The molecule has 2 atom stereocenters. The zero-order chi connectivity index (χ0) is 15.4. The minimum atomic E-state index is -0.480. The zero-order valence-electron chi connectivity index (χ0n) is 13.0. The van der Waals surface area contributed by atoms with Crippen molar-refractivity contribution in [1.82, 2.24) is 30.8 Å². The van der Waals surface area contributed by atoms with Gasteiger partial charge in [0.2, 0.25) is 11.7 Å². The second kappa shape index (κ2) is 8.03. The normalized spacial score (nSPS) is 18.7. The molecule has 0 aliphatic carbocycles. The van der Waals surface area contributed by atoms with Gasteiger partial charge in [0.1, 0.15) is 6.04 Å². The molecule has 0 radical (unpaired) electrons. The molecule has 1 amide bonds. The number of amides is 1. The first-order valence-electron chi connectivity index (χ1n) is 7.60. The molecule has 0 bridgehead atoms. The van der Waals surface area contributed by atoms with Gasteiger partial charge in [-0.3, -0.25) is 4.79 Å². The molecule has 0 saturated carbocycles. The van der Waals surface area contributed by atoms with Crippen LogP contribution in [0.2, 0.25) is 0 Å². The van der Waals surface area contributed by atoms with Crippen LogP contribution in [0.5, 0.6) is 0 Å². The van der Waals surface area contributed by atoms with Crippen molar-refractivity contribution < 1.29 is 4.79 Å². The third-order valence-electron chi connectivity index (χ3n) is 3.83. The van der Waals surface area contributed by atoms with Crippen molar-refractivity contribution in [2.24, 2.45) is 0 Å². The number of carbonyl (C=O) groups excluding carboxylic acids is 1. The van der Waals surface area contributed by atoms with Crippen LogP contribution < -0.4 is 10.6 Å². The molecule has 2 unspecified atom stereocenters. The molecule has 1 saturated heterocycles. The van der Waals surface area contributed by atoms with Crippen LogP contribution in [0.25, 0.3) is 11.4 Å². The Labute approximate surface area is 141 Å². The Kier molecular flexibility index (Phi) is 6.06. The fraction of sp³-hybridized carbons (Fsp3) is 0.467. The van der Waals surface area contributed by atoms with E-state index in [1.807, 2.05) is 30.3 Å². The van der Waals surface area contributed by atoms with Crippen LogP contribution in [0.3, 0.4) is 0 Å². The molecular weight excluding hydrogens is 316 g/mol. The maximum atomic E-state index is 12.3. The van der Waals surface area contributed by atoms with E-state index in [1.165, 1.54) is 4.80 Å². The van der Waals surface area contributed by atoms with E-state index in [4.69, 9.17) is 0 Å². The lowest BCUT2D eigenvalue weighted by molar-refractivity contribution is -0.125. The highest BCUT2D eigenvalue weighted by atomic mass is 35.5. The van der Waals surface area contributed by atoms with E-state index in [0.717, 1.165) is 31.5 Å². The summed E-state index contributed by atoms with van der Waals surface area (Å²) >= 11 is 0. The number of carbonyl (C=O) groups is 1. The molecule has 1 aliphatic heterocycles. The second-order valence-corrected chi connectivity index (χ2v) is 5.53. The molecule has 124 valence electrons. The number of aromatic nitrogens is 4. The third-order valence-corrected chi connectivity index (χ3v) is 3.83. The summed E-state index contributed by atoms with van der Waals surface area (Å²) in [6.07, 6.45) is 2.09. The van der Waals surface area contributed by atoms with Gasteiger partial charge in [-0.15, -0.1) is 22.6 Å². The Balaban J connectivity index is 0.00000192. The Hall–Kier alpha value is -1.99. The van der Waals surface area contributed by atoms with Crippen molar-refractivity contribution >= 4 is 18.3 Å². The molecule has 0 spiro atoms. The average molecular weight is 337 g/mol. The first kappa shape index (κ1) is 17.4. The summed E-state index contributed by atoms with van der Waals surface area (Å²) in [6.45, 7) is 3.62. The number of nitrogens with one attached hydrogen (secondary N) is 2. The maximum absolute atomic E-state index is 12.3. The summed E-state index contributed by atoms with van der Waals surface area (Å²) in [4.78, 5) is 13.7. The van der Waals surface area contributed by atoms with Crippen molar-refractivity contribution in [3.63, 3.8) is 0 Å². The highest BCUT2D eigenvalue weighted by molar-refractivity contribution is 5.85. The molecule has 1 aromatic heterocycles. The first-order chi connectivity index (χ1) is 10.7. The van der Waals surface area contributed by atoms with Crippen molar-refractivity contribution in [2.75, 3.05) is 13.1 Å². The summed E-state index contributed by atoms with van der Waals surface area (Å²) in [5.41, 5.74) is 0.887. The maximum Gasteiger partial charge on any atom is 0.246 e. The van der Waals surface area contributed by atoms with Crippen LogP contribution in [0.1, 0.15) is 25.8 Å². The van der Waals surface area contributed by atoms with Crippen molar-refractivity contribution in [2.45, 2.75) is 31.8 Å². The molecule has 8 heteroatoms. The van der Waals surface area contributed by atoms with E-state index < -0.39 is 6.04 Å². The number of tetrazole rings is 1. The van der Waals surface area contributed by atoms with E-state index in [9.17, 15) is 4.79 Å². The van der Waals surface area contributed by atoms with Crippen LogP contribution in [-0.2, 0) is 4.79 Å². The van der Waals surface area contributed by atoms with E-state index >= 15 is 0 Å². The highest BCUT2D eigenvalue weighted by Crippen LogP contribution is 2.13. The number of hydrogen-bond acceptors (Lipinski definition) is 5. The van der Waals surface area contributed by atoms with Gasteiger partial charge in [-0.05, 0) is 31.5 Å². The number of piperidine rings is 1. The lowest BCUT2D eigenvalue weighted by Gasteiger charge is -2.24. The summed E-state index contributed by atoms with van der Waals surface area (Å²) in [5, 5.41) is 18.7. The Morgan fingerprint density at radius 2 is 2.17 bits per heavy atom. The number of rotatable bonds is 4. The molecule has 2 N–H and O–H groups in total. The fourth-order valence-corrected chi connectivity index (χ4v) is 2.49. The number of nitrogens with zero attached hydrogens (tertiary/aromatic N) is 4. The summed E-state index contributed by atoms with van der Waals surface area (Å²) < 4.78 is 0. The molecule has 1 aliphatic rings. The number of benzene rings is 1. The van der Waals surface area contributed by atoms with Gasteiger partial charge in [0.05, 0.1) is 0 Å². The standard InChI is InChI=1S/C15H20N6O.ClH/c1-11(15(22)17-13-8-5-9-16-10-13)21-19-14(18-20-21)12-6-3-2-4-7-12;/h2-4,6-7,11,13,16H,5,8-10H2,1H3,(H,17,22);1H. The average Bonchev–Trinajstić information content (AvgIpc) is 3.06. The minimum Gasteiger partial charge on any atom is -0.350 e. The lowest BCUT2D eigenvalue weighted by Crippen LogP contribution is -2.47. The molecule has 1 fully saturated rings. The largest absolute Gasteiger partial charge is 0.350 e. The van der Waals surface area contributed by atoms with Crippen molar-refractivity contribution in [3.05, 3.63) is 30.3 Å². The van der Waals surface area contributed by atoms with Gasteiger partial charge in [-0.2, -0.15) is 4.80 Å². The van der Waals surface area contributed by atoms with Crippen molar-refractivity contribution in [1.29, 1.82) is 0 Å². The number of hydrogen-bond donors (Lipinski definition) is 2. The predicted octanol–water partition coefficient (Wildman–Crippen LogP) is 1.19. The van der Waals surface area contributed by atoms with Crippen LogP contribution in [0.15, 0.2) is 30.3 Å². The monoisotopic (exact) mass is 336 g/mol. The topological polar surface area (TPSA) is 84.7 Å². The van der Waals surface area contributed by atoms with Gasteiger partial charge in [0.15, 0.2) is 0 Å². The molecular formula is C15H21ClN6O. The summed E-state index contributed by atoms with van der Waals surface area (Å²) in [6, 6.07) is 9.31. The zero-order valence-corrected chi connectivity index (χ0v) is 13.8. The molecule has 2 heterocycles. The highest BCUT2D eigenvalue weighted by Gasteiger charge is 2.22. The molecule has 1 aromatic carbocycles. The van der Waals surface area contributed by atoms with Crippen LogP contribution >= 0.6 is 12.4 Å². The predicted molar refractivity (Wildman–Crippen MR) is 89.2 cm³/mol. The van der Waals surface area contributed by atoms with E-state index in [2.05, 4.69) is 26.0 Å². The smallest absolute Gasteiger partial charge is 0.246 e. The van der Waals surface area contributed by atoms with Gasteiger partial charge < -0.3 is 10.6 Å². The van der Waals surface area contributed by atoms with Gasteiger partial charge in [0, 0.05) is 18.2 Å². The Morgan fingerprint density at radius 3 is 2.87 bits per heavy atom. The second-order valence-electron chi connectivity index (χ2n) is 5.53. The number of halogens is 1. The first-order valence-corrected chi connectivity index (χ1v) is 7.60. The van der Waals surface area contributed by atoms with Crippen LogP contribution in [-0.4, -0.2) is 45.2 Å². The van der Waals surface area contributed by atoms with Crippen molar-refractivity contribution in [3.8, 4) is 11.4 Å². The molecule has 7 nitrogen and oxygen atoms in total.